The first-order valence-electron chi connectivity index (χ1n) is 6.31. The molecule has 0 aliphatic rings. The molecule has 0 heterocycles. The van der Waals surface area contributed by atoms with E-state index in [4.69, 9.17) is 0 Å². The number of halogens is 2. The van der Waals surface area contributed by atoms with Gasteiger partial charge in [-0.05, 0) is 19.4 Å². The second kappa shape index (κ2) is 7.38. The molecular weight excluding hydrogens is 220 g/mol. The molecule has 1 rings (SSSR count). The Morgan fingerprint density at radius 1 is 1.24 bits per heavy atom. The zero-order valence-electron chi connectivity index (χ0n) is 10.6. The largest absolute Gasteiger partial charge is 0.310 e. The van der Waals surface area contributed by atoms with Crippen molar-refractivity contribution in [2.75, 3.05) is 0 Å². The average Bonchev–Trinajstić information content (AvgIpc) is 2.31. The number of nitrogens with one attached hydrogen (secondary N) is 1. The van der Waals surface area contributed by atoms with Crippen LogP contribution in [0.15, 0.2) is 18.2 Å². The third kappa shape index (κ3) is 4.82. The molecule has 0 spiro atoms. The Labute approximate surface area is 102 Å². The second-order valence-electron chi connectivity index (χ2n) is 4.49. The van der Waals surface area contributed by atoms with Crippen LogP contribution in [-0.2, 0) is 6.54 Å². The van der Waals surface area contributed by atoms with Crippen LogP contribution in [0.3, 0.4) is 0 Å². The molecule has 1 N–H and O–H groups in total. The van der Waals surface area contributed by atoms with Gasteiger partial charge in [0.2, 0.25) is 0 Å². The van der Waals surface area contributed by atoms with Gasteiger partial charge in [-0.25, -0.2) is 8.78 Å². The Balaban J connectivity index is 2.37. The van der Waals surface area contributed by atoms with Gasteiger partial charge in [0.25, 0.3) is 0 Å². The van der Waals surface area contributed by atoms with Gasteiger partial charge >= 0.3 is 0 Å². The summed E-state index contributed by atoms with van der Waals surface area (Å²) in [6.45, 7) is 4.63. The lowest BCUT2D eigenvalue weighted by Crippen LogP contribution is -2.25. The first-order valence-corrected chi connectivity index (χ1v) is 6.31. The fourth-order valence-electron chi connectivity index (χ4n) is 1.77. The summed E-state index contributed by atoms with van der Waals surface area (Å²) in [6, 6.07) is 4.63. The highest BCUT2D eigenvalue weighted by molar-refractivity contribution is 5.18. The SMILES string of the molecule is CCCCCC(C)NCc1cccc(F)c1F. The van der Waals surface area contributed by atoms with Crippen LogP contribution in [0.2, 0.25) is 0 Å². The minimum atomic E-state index is -0.775. The van der Waals surface area contributed by atoms with E-state index in [1.165, 1.54) is 25.3 Å². The smallest absolute Gasteiger partial charge is 0.163 e. The van der Waals surface area contributed by atoms with Crippen molar-refractivity contribution in [1.29, 1.82) is 0 Å². The summed E-state index contributed by atoms with van der Waals surface area (Å²) in [5, 5.41) is 3.22. The molecule has 1 nitrogen and oxygen atoms in total. The lowest BCUT2D eigenvalue weighted by molar-refractivity contribution is 0.462. The summed E-state index contributed by atoms with van der Waals surface area (Å²) in [4.78, 5) is 0. The van der Waals surface area contributed by atoms with Crippen LogP contribution < -0.4 is 5.32 Å². The molecule has 1 atom stereocenters. The van der Waals surface area contributed by atoms with Crippen molar-refractivity contribution in [2.24, 2.45) is 0 Å². The quantitative estimate of drug-likeness (QED) is 0.711. The van der Waals surface area contributed by atoms with Gasteiger partial charge in [-0.3, -0.25) is 0 Å². The predicted octanol–water partition coefficient (Wildman–Crippen LogP) is 4.02. The van der Waals surface area contributed by atoms with Crippen LogP contribution in [0.25, 0.3) is 0 Å². The van der Waals surface area contributed by atoms with E-state index < -0.39 is 11.6 Å². The summed E-state index contributed by atoms with van der Waals surface area (Å²) in [7, 11) is 0. The first kappa shape index (κ1) is 14.1. The van der Waals surface area contributed by atoms with E-state index in [2.05, 4.69) is 19.2 Å². The van der Waals surface area contributed by atoms with Crippen molar-refractivity contribution in [3.63, 3.8) is 0 Å². The Morgan fingerprint density at radius 3 is 2.71 bits per heavy atom. The summed E-state index contributed by atoms with van der Waals surface area (Å²) < 4.78 is 26.3. The Morgan fingerprint density at radius 2 is 2.00 bits per heavy atom. The van der Waals surface area contributed by atoms with Crippen LogP contribution in [0.4, 0.5) is 8.78 Å². The standard InChI is InChI=1S/C14H21F2N/c1-3-4-5-7-11(2)17-10-12-8-6-9-13(15)14(12)16/h6,8-9,11,17H,3-5,7,10H2,1-2H3. The molecule has 0 radical (unpaired) electrons. The minimum absolute atomic E-state index is 0.337. The van der Waals surface area contributed by atoms with Gasteiger partial charge in [0.05, 0.1) is 0 Å². The average molecular weight is 241 g/mol. The molecule has 1 unspecified atom stereocenters. The lowest BCUT2D eigenvalue weighted by Gasteiger charge is -2.14. The monoisotopic (exact) mass is 241 g/mol. The van der Waals surface area contributed by atoms with Crippen molar-refractivity contribution >= 4 is 0 Å². The molecule has 0 saturated heterocycles. The van der Waals surface area contributed by atoms with Crippen LogP contribution in [0, 0.1) is 11.6 Å². The number of unbranched alkanes of at least 4 members (excludes halogenated alkanes) is 2. The summed E-state index contributed by atoms with van der Waals surface area (Å²) in [6.07, 6.45) is 4.67. The first-order chi connectivity index (χ1) is 8.15. The molecule has 96 valence electrons. The van der Waals surface area contributed by atoms with Gasteiger partial charge in [0.15, 0.2) is 11.6 Å². The molecule has 0 aliphatic heterocycles. The predicted molar refractivity (Wildman–Crippen MR) is 66.8 cm³/mol. The van der Waals surface area contributed by atoms with E-state index in [9.17, 15) is 8.78 Å². The van der Waals surface area contributed by atoms with E-state index in [0.717, 1.165) is 12.5 Å². The van der Waals surface area contributed by atoms with Crippen LogP contribution in [0.1, 0.15) is 45.1 Å². The van der Waals surface area contributed by atoms with Crippen molar-refractivity contribution in [2.45, 2.75) is 52.1 Å². The Kier molecular flexibility index (Phi) is 6.12. The van der Waals surface area contributed by atoms with Gasteiger partial charge in [0.1, 0.15) is 0 Å². The van der Waals surface area contributed by atoms with Crippen LogP contribution >= 0.6 is 0 Å². The molecule has 0 amide bonds. The van der Waals surface area contributed by atoms with Crippen molar-refractivity contribution in [1.82, 2.24) is 5.32 Å². The maximum absolute atomic E-state index is 13.3. The Hall–Kier alpha value is -0.960. The normalized spacial score (nSPS) is 12.7. The van der Waals surface area contributed by atoms with Crippen LogP contribution in [0.5, 0.6) is 0 Å². The number of hydrogen-bond donors (Lipinski definition) is 1. The van der Waals surface area contributed by atoms with E-state index in [1.807, 2.05) is 0 Å². The highest BCUT2D eigenvalue weighted by atomic mass is 19.2. The number of benzene rings is 1. The molecule has 0 fully saturated rings. The maximum Gasteiger partial charge on any atom is 0.163 e. The number of rotatable bonds is 7. The minimum Gasteiger partial charge on any atom is -0.310 e. The van der Waals surface area contributed by atoms with Gasteiger partial charge < -0.3 is 5.32 Å². The van der Waals surface area contributed by atoms with Gasteiger partial charge in [0, 0.05) is 18.2 Å². The van der Waals surface area contributed by atoms with E-state index in [0.29, 0.717) is 18.2 Å². The highest BCUT2D eigenvalue weighted by Crippen LogP contribution is 2.11. The molecule has 0 bridgehead atoms. The number of hydrogen-bond acceptors (Lipinski definition) is 1. The van der Waals surface area contributed by atoms with E-state index in [-0.39, 0.29) is 0 Å². The molecule has 3 heteroatoms. The fourth-order valence-corrected chi connectivity index (χ4v) is 1.77. The van der Waals surface area contributed by atoms with Crippen molar-refractivity contribution < 1.29 is 8.78 Å². The second-order valence-corrected chi connectivity index (χ2v) is 4.49. The zero-order chi connectivity index (χ0) is 12.7. The molecule has 0 aliphatic carbocycles. The molecule has 17 heavy (non-hydrogen) atoms. The van der Waals surface area contributed by atoms with Gasteiger partial charge in [-0.15, -0.1) is 0 Å². The van der Waals surface area contributed by atoms with E-state index >= 15 is 0 Å². The lowest BCUT2D eigenvalue weighted by atomic mass is 10.1. The summed E-state index contributed by atoms with van der Waals surface area (Å²) >= 11 is 0. The zero-order valence-corrected chi connectivity index (χ0v) is 10.6. The third-order valence-corrected chi connectivity index (χ3v) is 2.91. The Bertz CT molecular complexity index is 339. The van der Waals surface area contributed by atoms with Crippen molar-refractivity contribution in [3.05, 3.63) is 35.4 Å². The van der Waals surface area contributed by atoms with E-state index in [1.54, 1.807) is 6.07 Å². The van der Waals surface area contributed by atoms with Crippen LogP contribution in [-0.4, -0.2) is 6.04 Å². The summed E-state index contributed by atoms with van der Waals surface area (Å²) in [5.41, 5.74) is 0.396. The molecule has 1 aromatic rings. The van der Waals surface area contributed by atoms with Gasteiger partial charge in [-0.1, -0.05) is 38.3 Å². The summed E-state index contributed by atoms with van der Waals surface area (Å²) in [5.74, 6) is -1.51. The van der Waals surface area contributed by atoms with Gasteiger partial charge in [-0.2, -0.15) is 0 Å². The molecular formula is C14H21F2N. The van der Waals surface area contributed by atoms with Crippen molar-refractivity contribution in [3.8, 4) is 0 Å². The topological polar surface area (TPSA) is 12.0 Å². The molecule has 0 saturated carbocycles. The fraction of sp³-hybridized carbons (Fsp3) is 0.571. The molecule has 0 aromatic heterocycles. The highest BCUT2D eigenvalue weighted by Gasteiger charge is 2.08. The maximum atomic E-state index is 13.3. The molecule has 1 aromatic carbocycles. The third-order valence-electron chi connectivity index (χ3n) is 2.91.